The molecule has 0 saturated heterocycles. The van der Waals surface area contributed by atoms with Gasteiger partial charge in [-0.15, -0.1) is 0 Å². The number of carbonyl (C=O) groups is 1. The standard InChI is InChI=1S/C19H26N4O2/c1-13-10-15(3)23(21-13)11-14(2)20-19(25)22-9-8-16-6-4-5-7-17(16)18(22)12-24/h4-7,10,14,18,24H,8-9,11-12H2,1-3H3,(H,20,25)/t14-,18+/m1/s1. The molecule has 1 aromatic carbocycles. The van der Waals surface area contributed by atoms with E-state index in [1.165, 1.54) is 5.56 Å². The van der Waals surface area contributed by atoms with E-state index in [1.54, 1.807) is 4.90 Å². The summed E-state index contributed by atoms with van der Waals surface area (Å²) in [6.07, 6.45) is 0.811. The van der Waals surface area contributed by atoms with Crippen LogP contribution >= 0.6 is 0 Å². The van der Waals surface area contributed by atoms with Gasteiger partial charge in [0.15, 0.2) is 0 Å². The molecule has 0 fully saturated rings. The van der Waals surface area contributed by atoms with Crippen LogP contribution in [0.25, 0.3) is 0 Å². The first-order chi connectivity index (χ1) is 12.0. The van der Waals surface area contributed by atoms with Crippen molar-refractivity contribution in [2.75, 3.05) is 13.2 Å². The molecule has 134 valence electrons. The molecule has 25 heavy (non-hydrogen) atoms. The van der Waals surface area contributed by atoms with Crippen molar-refractivity contribution in [1.82, 2.24) is 20.0 Å². The summed E-state index contributed by atoms with van der Waals surface area (Å²) in [6, 6.07) is 9.56. The molecule has 2 aromatic rings. The molecule has 2 atom stereocenters. The highest BCUT2D eigenvalue weighted by Crippen LogP contribution is 2.29. The van der Waals surface area contributed by atoms with Crippen LogP contribution in [-0.4, -0.2) is 45.0 Å². The normalized spacial score (nSPS) is 17.9. The van der Waals surface area contributed by atoms with Gasteiger partial charge in [0, 0.05) is 18.3 Å². The molecule has 1 aromatic heterocycles. The Kier molecular flexibility index (Phi) is 5.08. The number of rotatable bonds is 4. The third kappa shape index (κ3) is 3.69. The SMILES string of the molecule is Cc1cc(C)n(C[C@@H](C)NC(=O)N2CCc3ccccc3[C@@H]2CO)n1. The van der Waals surface area contributed by atoms with Crippen LogP contribution in [0.1, 0.15) is 35.5 Å². The molecule has 0 unspecified atom stereocenters. The van der Waals surface area contributed by atoms with E-state index in [0.29, 0.717) is 13.1 Å². The third-order valence-electron chi connectivity index (χ3n) is 4.77. The fourth-order valence-corrected chi connectivity index (χ4v) is 3.55. The van der Waals surface area contributed by atoms with Crippen molar-refractivity contribution in [3.05, 3.63) is 52.8 Å². The fourth-order valence-electron chi connectivity index (χ4n) is 3.55. The lowest BCUT2D eigenvalue weighted by atomic mass is 9.93. The summed E-state index contributed by atoms with van der Waals surface area (Å²) < 4.78 is 1.91. The third-order valence-corrected chi connectivity index (χ3v) is 4.77. The van der Waals surface area contributed by atoms with Gasteiger partial charge in [-0.05, 0) is 44.4 Å². The number of urea groups is 1. The average molecular weight is 342 g/mol. The quantitative estimate of drug-likeness (QED) is 0.895. The van der Waals surface area contributed by atoms with Gasteiger partial charge in [0.1, 0.15) is 0 Å². The Labute approximate surface area is 148 Å². The number of nitrogens with one attached hydrogen (secondary N) is 1. The minimum absolute atomic E-state index is 0.0537. The lowest BCUT2D eigenvalue weighted by Crippen LogP contribution is -2.49. The highest BCUT2D eigenvalue weighted by molar-refractivity contribution is 5.75. The molecule has 2 N–H and O–H groups in total. The van der Waals surface area contributed by atoms with Crippen LogP contribution < -0.4 is 5.32 Å². The highest BCUT2D eigenvalue weighted by atomic mass is 16.3. The number of aryl methyl sites for hydroxylation is 2. The monoisotopic (exact) mass is 342 g/mol. The zero-order valence-corrected chi connectivity index (χ0v) is 15.1. The smallest absolute Gasteiger partial charge is 0.318 e. The Morgan fingerprint density at radius 2 is 2.16 bits per heavy atom. The van der Waals surface area contributed by atoms with Crippen molar-refractivity contribution in [3.63, 3.8) is 0 Å². The van der Waals surface area contributed by atoms with Gasteiger partial charge >= 0.3 is 6.03 Å². The van der Waals surface area contributed by atoms with Crippen LogP contribution in [0.4, 0.5) is 4.79 Å². The first kappa shape index (κ1) is 17.5. The largest absolute Gasteiger partial charge is 0.394 e. The number of benzene rings is 1. The summed E-state index contributed by atoms with van der Waals surface area (Å²) in [5.74, 6) is 0. The minimum atomic E-state index is -0.286. The topological polar surface area (TPSA) is 70.4 Å². The Balaban J connectivity index is 1.67. The predicted molar refractivity (Wildman–Crippen MR) is 96.4 cm³/mol. The number of hydrogen-bond acceptors (Lipinski definition) is 3. The molecule has 3 rings (SSSR count). The molecule has 0 spiro atoms. The number of amides is 2. The van der Waals surface area contributed by atoms with Crippen LogP contribution in [0.2, 0.25) is 0 Å². The van der Waals surface area contributed by atoms with E-state index >= 15 is 0 Å². The number of aromatic nitrogens is 2. The molecular weight excluding hydrogens is 316 g/mol. The number of nitrogens with zero attached hydrogens (tertiary/aromatic N) is 3. The van der Waals surface area contributed by atoms with Gasteiger partial charge in [0.2, 0.25) is 0 Å². The maximum absolute atomic E-state index is 12.7. The van der Waals surface area contributed by atoms with Crippen LogP contribution in [0.3, 0.4) is 0 Å². The molecule has 2 heterocycles. The van der Waals surface area contributed by atoms with E-state index in [0.717, 1.165) is 23.4 Å². The molecule has 0 radical (unpaired) electrons. The second kappa shape index (κ2) is 7.27. The Morgan fingerprint density at radius 3 is 2.84 bits per heavy atom. The maximum atomic E-state index is 12.7. The van der Waals surface area contributed by atoms with Gasteiger partial charge in [0.25, 0.3) is 0 Å². The van der Waals surface area contributed by atoms with Gasteiger partial charge in [0.05, 0.1) is 24.9 Å². The van der Waals surface area contributed by atoms with Crippen molar-refractivity contribution in [3.8, 4) is 0 Å². The van der Waals surface area contributed by atoms with Crippen molar-refractivity contribution in [2.24, 2.45) is 0 Å². The number of fused-ring (bicyclic) bond motifs is 1. The first-order valence-electron chi connectivity index (χ1n) is 8.76. The number of hydrogen-bond donors (Lipinski definition) is 2. The lowest BCUT2D eigenvalue weighted by Gasteiger charge is -2.37. The Morgan fingerprint density at radius 1 is 1.40 bits per heavy atom. The van der Waals surface area contributed by atoms with Gasteiger partial charge in [-0.25, -0.2) is 4.79 Å². The number of aliphatic hydroxyl groups excluding tert-OH is 1. The number of aliphatic hydroxyl groups is 1. The molecule has 6 nitrogen and oxygen atoms in total. The summed E-state index contributed by atoms with van der Waals surface area (Å²) in [6.45, 7) is 7.11. The summed E-state index contributed by atoms with van der Waals surface area (Å²) >= 11 is 0. The summed E-state index contributed by atoms with van der Waals surface area (Å²) in [7, 11) is 0. The second-order valence-electron chi connectivity index (χ2n) is 6.80. The maximum Gasteiger partial charge on any atom is 0.318 e. The molecule has 2 amide bonds. The van der Waals surface area contributed by atoms with Gasteiger partial charge in [-0.3, -0.25) is 4.68 Å². The average Bonchev–Trinajstić information content (AvgIpc) is 2.90. The van der Waals surface area contributed by atoms with Crippen LogP contribution in [0.15, 0.2) is 30.3 Å². The lowest BCUT2D eigenvalue weighted by molar-refractivity contribution is 0.124. The Bertz CT molecular complexity index is 756. The Hall–Kier alpha value is -2.34. The van der Waals surface area contributed by atoms with E-state index in [-0.39, 0.29) is 24.7 Å². The minimum Gasteiger partial charge on any atom is -0.394 e. The van der Waals surface area contributed by atoms with Gasteiger partial charge in [-0.1, -0.05) is 24.3 Å². The molecule has 1 aliphatic rings. The van der Waals surface area contributed by atoms with E-state index in [1.807, 2.05) is 49.7 Å². The van der Waals surface area contributed by atoms with Crippen LogP contribution in [0, 0.1) is 13.8 Å². The van der Waals surface area contributed by atoms with E-state index in [4.69, 9.17) is 0 Å². The summed E-state index contributed by atoms with van der Waals surface area (Å²) in [4.78, 5) is 14.5. The highest BCUT2D eigenvalue weighted by Gasteiger charge is 2.30. The zero-order valence-electron chi connectivity index (χ0n) is 15.1. The van der Waals surface area contributed by atoms with E-state index < -0.39 is 0 Å². The van der Waals surface area contributed by atoms with Crippen molar-refractivity contribution in [1.29, 1.82) is 0 Å². The van der Waals surface area contributed by atoms with Crippen molar-refractivity contribution < 1.29 is 9.90 Å². The molecule has 0 saturated carbocycles. The number of carbonyl (C=O) groups excluding carboxylic acids is 1. The summed E-state index contributed by atoms with van der Waals surface area (Å²) in [5, 5.41) is 17.3. The molecule has 0 aliphatic carbocycles. The predicted octanol–water partition coefficient (Wildman–Crippen LogP) is 2.19. The zero-order chi connectivity index (χ0) is 18.0. The molecule has 1 aliphatic heterocycles. The first-order valence-corrected chi connectivity index (χ1v) is 8.76. The van der Waals surface area contributed by atoms with Crippen molar-refractivity contribution >= 4 is 6.03 Å². The molecule has 0 bridgehead atoms. The van der Waals surface area contributed by atoms with Crippen molar-refractivity contribution in [2.45, 2.75) is 45.8 Å². The summed E-state index contributed by atoms with van der Waals surface area (Å²) in [5.41, 5.74) is 4.31. The molecular formula is C19H26N4O2. The van der Waals surface area contributed by atoms with Crippen LogP contribution in [-0.2, 0) is 13.0 Å². The fraction of sp³-hybridized carbons (Fsp3) is 0.474. The van der Waals surface area contributed by atoms with Crippen LogP contribution in [0.5, 0.6) is 0 Å². The van der Waals surface area contributed by atoms with E-state index in [9.17, 15) is 9.90 Å². The van der Waals surface area contributed by atoms with E-state index in [2.05, 4.69) is 16.5 Å². The van der Waals surface area contributed by atoms with Gasteiger partial charge < -0.3 is 15.3 Å². The van der Waals surface area contributed by atoms with Gasteiger partial charge in [-0.2, -0.15) is 5.10 Å². The molecule has 6 heteroatoms. The second-order valence-corrected chi connectivity index (χ2v) is 6.80.